The molecule has 6 atom stereocenters. The first-order chi connectivity index (χ1) is 20.3. The molecule has 0 amide bonds. The Morgan fingerprint density at radius 2 is 1.72 bits per heavy atom. The number of rotatable bonds is 7. The van der Waals surface area contributed by atoms with E-state index < -0.39 is 76.4 Å². The minimum absolute atomic E-state index is 0.0897. The molecule has 5 rings (SSSR count). The summed E-state index contributed by atoms with van der Waals surface area (Å²) in [5.74, 6) is -4.64. The van der Waals surface area contributed by atoms with Crippen molar-refractivity contribution in [3.63, 3.8) is 0 Å². The molecule has 0 radical (unpaired) electrons. The second kappa shape index (κ2) is 12.3. The van der Waals surface area contributed by atoms with E-state index in [9.17, 15) is 46.8 Å². The van der Waals surface area contributed by atoms with Crippen LogP contribution in [0.25, 0.3) is 11.3 Å². The number of nitrogens with zero attached hydrogens (tertiary/aromatic N) is 3. The van der Waals surface area contributed by atoms with Crippen LogP contribution in [-0.4, -0.2) is 84.5 Å². The number of thioether (sulfide) groups is 1. The average Bonchev–Trinajstić information content (AvgIpc) is 3.45. The van der Waals surface area contributed by atoms with E-state index in [4.69, 9.17) is 4.74 Å². The van der Waals surface area contributed by atoms with Gasteiger partial charge in [-0.2, -0.15) is 13.2 Å². The summed E-state index contributed by atoms with van der Waals surface area (Å²) < 4.78 is 90.1. The Balaban J connectivity index is 1.51. The van der Waals surface area contributed by atoms with Gasteiger partial charge in [-0.05, 0) is 49.7 Å². The van der Waals surface area contributed by atoms with Crippen molar-refractivity contribution in [1.82, 2.24) is 20.3 Å². The van der Waals surface area contributed by atoms with Crippen LogP contribution >= 0.6 is 11.8 Å². The lowest BCUT2D eigenvalue weighted by molar-refractivity contribution is -0.179. The van der Waals surface area contributed by atoms with Crippen molar-refractivity contribution in [2.24, 2.45) is 0 Å². The Labute approximate surface area is 245 Å². The van der Waals surface area contributed by atoms with E-state index >= 15 is 0 Å². The first-order valence-corrected chi connectivity index (χ1v) is 14.2. The van der Waals surface area contributed by atoms with Crippen LogP contribution in [0, 0.1) is 17.5 Å². The lowest BCUT2D eigenvalue weighted by Gasteiger charge is -2.46. The number of aliphatic hydroxyl groups is 4. The number of hydrogen-bond acceptors (Lipinski definition) is 9. The molecule has 0 aliphatic carbocycles. The first kappa shape index (κ1) is 31.7. The number of hydrogen-bond donors (Lipinski definition) is 5. The fourth-order valence-corrected chi connectivity index (χ4v) is 7.12. The van der Waals surface area contributed by atoms with Gasteiger partial charge in [0.25, 0.3) is 0 Å². The van der Waals surface area contributed by atoms with Crippen molar-refractivity contribution in [2.75, 3.05) is 19.7 Å². The van der Waals surface area contributed by atoms with Gasteiger partial charge in [-0.3, -0.25) is 0 Å². The minimum Gasteiger partial charge on any atom is -0.394 e. The van der Waals surface area contributed by atoms with Crippen LogP contribution in [0.1, 0.15) is 35.3 Å². The van der Waals surface area contributed by atoms with E-state index in [0.29, 0.717) is 37.0 Å². The molecule has 2 aromatic carbocycles. The summed E-state index contributed by atoms with van der Waals surface area (Å²) in [6, 6.07) is 4.73. The van der Waals surface area contributed by atoms with Gasteiger partial charge >= 0.3 is 6.18 Å². The topological polar surface area (TPSA) is 133 Å². The Bertz CT molecular complexity index is 1420. The fraction of sp³-hybridized carbons (Fsp3) is 0.481. The Kier molecular flexibility index (Phi) is 9.09. The molecule has 2 aliphatic heterocycles. The molecule has 1 aromatic heterocycles. The summed E-state index contributed by atoms with van der Waals surface area (Å²) in [5, 5.41) is 53.4. The molecule has 3 heterocycles. The molecule has 3 aromatic rings. The smallest absolute Gasteiger partial charge is 0.394 e. The van der Waals surface area contributed by atoms with Crippen LogP contribution in [0.3, 0.4) is 0 Å². The number of nitrogens with one attached hydrogen (secondary N) is 1. The van der Waals surface area contributed by atoms with Gasteiger partial charge in [0.1, 0.15) is 35.5 Å². The van der Waals surface area contributed by atoms with Gasteiger partial charge in [0, 0.05) is 5.56 Å². The van der Waals surface area contributed by atoms with Gasteiger partial charge < -0.3 is 30.5 Å². The maximum atomic E-state index is 14.1. The lowest BCUT2D eigenvalue weighted by atomic mass is 9.84. The normalized spacial score (nSPS) is 26.8. The maximum absolute atomic E-state index is 14.1. The molecule has 9 nitrogen and oxygen atoms in total. The number of ether oxygens (including phenoxy) is 1. The summed E-state index contributed by atoms with van der Waals surface area (Å²) in [6.07, 6.45) is -8.10. The second-order valence-corrected chi connectivity index (χ2v) is 11.7. The van der Waals surface area contributed by atoms with Crippen LogP contribution < -0.4 is 5.32 Å². The molecule has 43 heavy (non-hydrogen) atoms. The number of alkyl halides is 3. The predicted molar refractivity (Wildman–Crippen MR) is 141 cm³/mol. The van der Waals surface area contributed by atoms with Crippen LogP contribution in [0.5, 0.6) is 0 Å². The van der Waals surface area contributed by atoms with Gasteiger partial charge in [0.2, 0.25) is 0 Å². The van der Waals surface area contributed by atoms with E-state index in [1.54, 1.807) is 0 Å². The third-order valence-corrected chi connectivity index (χ3v) is 9.34. The highest BCUT2D eigenvalue weighted by atomic mass is 32.2. The van der Waals surface area contributed by atoms with Crippen LogP contribution in [0.15, 0.2) is 42.6 Å². The molecule has 2 fully saturated rings. The number of aromatic nitrogens is 3. The van der Waals surface area contributed by atoms with Crippen LogP contribution in [-0.2, 0) is 10.9 Å². The van der Waals surface area contributed by atoms with Crippen molar-refractivity contribution in [1.29, 1.82) is 0 Å². The van der Waals surface area contributed by atoms with Crippen molar-refractivity contribution < 1.29 is 51.5 Å². The molecule has 1 unspecified atom stereocenters. The zero-order valence-electron chi connectivity index (χ0n) is 22.3. The van der Waals surface area contributed by atoms with E-state index in [0.717, 1.165) is 16.9 Å². The van der Waals surface area contributed by atoms with E-state index in [2.05, 4.69) is 15.6 Å². The average molecular weight is 635 g/mol. The molecule has 5 N–H and O–H groups in total. The monoisotopic (exact) mass is 634 g/mol. The Morgan fingerprint density at radius 1 is 1.07 bits per heavy atom. The summed E-state index contributed by atoms with van der Waals surface area (Å²) in [6.45, 7) is -0.110. The molecule has 0 spiro atoms. The first-order valence-electron chi connectivity index (χ1n) is 13.3. The zero-order valence-corrected chi connectivity index (χ0v) is 23.1. The third kappa shape index (κ3) is 6.27. The van der Waals surface area contributed by atoms with Crippen LogP contribution in [0.2, 0.25) is 0 Å². The molecule has 2 saturated heterocycles. The van der Waals surface area contributed by atoms with Gasteiger partial charge in [-0.15, -0.1) is 16.9 Å². The number of halogens is 6. The SMILES string of the molecule is OC[C@H]1O[C@@H](SC(c2ccccc2C(F)(F)F)C2(O)CCNCC2)[C@H](O)[C@@H](n2cc(-c3cc(F)c(F)c(F)c3)nn2)[C@H]1O. The highest BCUT2D eigenvalue weighted by molar-refractivity contribution is 8.00. The van der Waals surface area contributed by atoms with Gasteiger partial charge in [0.15, 0.2) is 17.5 Å². The maximum Gasteiger partial charge on any atom is 0.416 e. The summed E-state index contributed by atoms with van der Waals surface area (Å²) in [7, 11) is 0. The standard InChI is InChI=1S/C27H28F6N4O5S/c28-16-9-13(10-17(29)20(16)30)18-11-37(36-35-18)21-22(39)19(12-38)42-25(23(21)40)43-24(26(41)5-7-34-8-6-26)14-3-1-2-4-15(14)27(31,32)33/h1-4,9-11,19,21-25,34,38-41H,5-8,12H2/t19-,21+,22+,23-,24?,25+/m1/s1. The predicted octanol–water partition coefficient (Wildman–Crippen LogP) is 2.95. The van der Waals surface area contributed by atoms with E-state index in [-0.39, 0.29) is 29.7 Å². The summed E-state index contributed by atoms with van der Waals surface area (Å²) in [5.41, 5.74) is -4.59. The van der Waals surface area contributed by atoms with Crippen molar-refractivity contribution >= 4 is 11.8 Å². The lowest BCUT2D eigenvalue weighted by Crippen LogP contribution is -2.56. The number of piperidine rings is 1. The van der Waals surface area contributed by atoms with E-state index in [1.165, 1.54) is 18.2 Å². The molecule has 16 heteroatoms. The van der Waals surface area contributed by atoms with Crippen molar-refractivity contribution in [3.8, 4) is 11.3 Å². The second-order valence-electron chi connectivity index (χ2n) is 10.5. The van der Waals surface area contributed by atoms with Crippen molar-refractivity contribution in [2.45, 2.75) is 59.7 Å². The Morgan fingerprint density at radius 3 is 2.35 bits per heavy atom. The number of benzene rings is 2. The zero-order chi connectivity index (χ0) is 31.1. The van der Waals surface area contributed by atoms with Gasteiger partial charge in [-0.25, -0.2) is 17.9 Å². The molecule has 0 bridgehead atoms. The summed E-state index contributed by atoms with van der Waals surface area (Å²) in [4.78, 5) is 0. The highest BCUT2D eigenvalue weighted by Crippen LogP contribution is 2.51. The quantitative estimate of drug-likeness (QED) is 0.197. The molecular weight excluding hydrogens is 606 g/mol. The molecule has 2 aliphatic rings. The summed E-state index contributed by atoms with van der Waals surface area (Å²) >= 11 is 0.716. The van der Waals surface area contributed by atoms with Crippen molar-refractivity contribution in [3.05, 3.63) is 71.2 Å². The number of aliphatic hydroxyl groups excluding tert-OH is 3. The Hall–Kier alpha value is -2.73. The van der Waals surface area contributed by atoms with Crippen LogP contribution in [0.4, 0.5) is 26.3 Å². The molecule has 0 saturated carbocycles. The van der Waals surface area contributed by atoms with Gasteiger partial charge in [-0.1, -0.05) is 23.4 Å². The van der Waals surface area contributed by atoms with Gasteiger partial charge in [0.05, 0.1) is 29.2 Å². The molecular formula is C27H28F6N4O5S. The fourth-order valence-electron chi connectivity index (χ4n) is 5.48. The minimum atomic E-state index is -4.76. The van der Waals surface area contributed by atoms with E-state index in [1.807, 2.05) is 0 Å². The highest BCUT2D eigenvalue weighted by Gasteiger charge is 2.51. The third-order valence-electron chi connectivity index (χ3n) is 7.72. The largest absolute Gasteiger partial charge is 0.416 e. The molecule has 234 valence electrons.